The van der Waals surface area contributed by atoms with Crippen molar-refractivity contribution in [3.05, 3.63) is 39.8 Å². The van der Waals surface area contributed by atoms with Gasteiger partial charge in [0.05, 0.1) is 10.9 Å². The van der Waals surface area contributed by atoms with Gasteiger partial charge in [-0.25, -0.2) is 0 Å². The topological polar surface area (TPSA) is 76.7 Å². The van der Waals surface area contributed by atoms with Gasteiger partial charge >= 0.3 is 0 Å². The first-order valence-corrected chi connectivity index (χ1v) is 7.37. The zero-order chi connectivity index (χ0) is 15.0. The van der Waals surface area contributed by atoms with Gasteiger partial charge in [-0.05, 0) is 44.0 Å². The van der Waals surface area contributed by atoms with Gasteiger partial charge in [0.2, 0.25) is 0 Å². The Morgan fingerprint density at radius 3 is 2.90 bits per heavy atom. The Morgan fingerprint density at radius 1 is 1.38 bits per heavy atom. The summed E-state index contributed by atoms with van der Waals surface area (Å²) in [7, 11) is 0. The zero-order valence-corrected chi connectivity index (χ0v) is 12.4. The molecule has 5 heteroatoms. The maximum absolute atomic E-state index is 12.7. The lowest BCUT2D eigenvalue weighted by atomic mass is 10.1. The molecule has 1 aromatic carbocycles. The van der Waals surface area contributed by atoms with Gasteiger partial charge in [0.15, 0.2) is 0 Å². The average Bonchev–Trinajstić information content (AvgIpc) is 2.89. The van der Waals surface area contributed by atoms with Gasteiger partial charge in [-0.3, -0.25) is 9.89 Å². The van der Waals surface area contributed by atoms with E-state index in [0.29, 0.717) is 18.5 Å². The molecule has 3 aromatic rings. The van der Waals surface area contributed by atoms with Crippen LogP contribution in [0.2, 0.25) is 0 Å². The molecule has 0 aliphatic carbocycles. The number of pyridine rings is 1. The summed E-state index contributed by atoms with van der Waals surface area (Å²) < 4.78 is 1.83. The van der Waals surface area contributed by atoms with Crippen molar-refractivity contribution in [2.75, 3.05) is 6.54 Å². The summed E-state index contributed by atoms with van der Waals surface area (Å²) >= 11 is 0. The molecule has 110 valence electrons. The van der Waals surface area contributed by atoms with Crippen molar-refractivity contribution in [2.24, 2.45) is 5.73 Å². The fourth-order valence-electron chi connectivity index (χ4n) is 2.83. The second-order valence-corrected chi connectivity index (χ2v) is 5.38. The summed E-state index contributed by atoms with van der Waals surface area (Å²) in [6, 6.07) is 6.23. The Labute approximate surface area is 122 Å². The first-order chi connectivity index (χ1) is 10.2. The molecule has 2 aromatic heterocycles. The van der Waals surface area contributed by atoms with Crippen molar-refractivity contribution in [3.8, 4) is 0 Å². The third-order valence-electron chi connectivity index (χ3n) is 4.01. The number of H-pyrrole nitrogens is 1. The van der Waals surface area contributed by atoms with E-state index in [0.717, 1.165) is 35.0 Å². The van der Waals surface area contributed by atoms with E-state index in [9.17, 15) is 4.79 Å². The standard InChI is InChI=1S/C16H20N4O/c1-3-11-5-6-13-12(9-11)15-14(10(2)18-19-15)16(21)20(13)8-4-7-17/h5-6,9H,3-4,7-8,17H2,1-2H3,(H,18,19). The van der Waals surface area contributed by atoms with E-state index in [-0.39, 0.29) is 5.56 Å². The summed E-state index contributed by atoms with van der Waals surface area (Å²) in [4.78, 5) is 12.7. The Bertz CT molecular complexity index is 860. The zero-order valence-electron chi connectivity index (χ0n) is 12.4. The van der Waals surface area contributed by atoms with Crippen molar-refractivity contribution < 1.29 is 0 Å². The molecule has 0 atom stereocenters. The lowest BCUT2D eigenvalue weighted by molar-refractivity contribution is 0.654. The van der Waals surface area contributed by atoms with Crippen LogP contribution in [0.25, 0.3) is 21.8 Å². The van der Waals surface area contributed by atoms with E-state index in [2.05, 4.69) is 29.3 Å². The number of fused-ring (bicyclic) bond motifs is 3. The quantitative estimate of drug-likeness (QED) is 0.770. The molecule has 0 bridgehead atoms. The van der Waals surface area contributed by atoms with Crippen molar-refractivity contribution in [3.63, 3.8) is 0 Å². The molecule has 0 unspecified atom stereocenters. The van der Waals surface area contributed by atoms with Gasteiger partial charge < -0.3 is 10.3 Å². The Hall–Kier alpha value is -2.14. The minimum Gasteiger partial charge on any atom is -0.330 e. The number of nitrogens with one attached hydrogen (secondary N) is 1. The molecule has 21 heavy (non-hydrogen) atoms. The number of aromatic amines is 1. The summed E-state index contributed by atoms with van der Waals surface area (Å²) in [5.41, 5.74) is 9.39. The van der Waals surface area contributed by atoms with Crippen LogP contribution in [-0.4, -0.2) is 21.3 Å². The molecule has 0 spiro atoms. The molecule has 0 aliphatic rings. The van der Waals surface area contributed by atoms with E-state index < -0.39 is 0 Å². The highest BCUT2D eigenvalue weighted by Gasteiger charge is 2.15. The van der Waals surface area contributed by atoms with Crippen molar-refractivity contribution in [2.45, 2.75) is 33.2 Å². The number of hydrogen-bond donors (Lipinski definition) is 2. The first kappa shape index (κ1) is 13.8. The molecule has 0 saturated carbocycles. The van der Waals surface area contributed by atoms with E-state index in [1.165, 1.54) is 5.56 Å². The summed E-state index contributed by atoms with van der Waals surface area (Å²) in [6.45, 7) is 5.22. The second kappa shape index (κ2) is 5.33. The molecule has 3 N–H and O–H groups in total. The van der Waals surface area contributed by atoms with Crippen LogP contribution in [-0.2, 0) is 13.0 Å². The van der Waals surface area contributed by atoms with Crippen molar-refractivity contribution in [1.29, 1.82) is 0 Å². The van der Waals surface area contributed by atoms with Crippen LogP contribution in [0.1, 0.15) is 24.6 Å². The van der Waals surface area contributed by atoms with Gasteiger partial charge in [0.25, 0.3) is 5.56 Å². The van der Waals surface area contributed by atoms with Crippen LogP contribution in [0.5, 0.6) is 0 Å². The number of aromatic nitrogens is 3. The van der Waals surface area contributed by atoms with E-state index in [1.54, 1.807) is 0 Å². The number of rotatable bonds is 4. The van der Waals surface area contributed by atoms with Gasteiger partial charge in [-0.15, -0.1) is 0 Å². The molecule has 0 amide bonds. The molecule has 3 rings (SSSR count). The molecule has 0 saturated heterocycles. The summed E-state index contributed by atoms with van der Waals surface area (Å²) in [6.07, 6.45) is 1.75. The smallest absolute Gasteiger partial charge is 0.262 e. The monoisotopic (exact) mass is 284 g/mol. The Kier molecular flexibility index (Phi) is 3.51. The maximum atomic E-state index is 12.7. The highest BCUT2D eigenvalue weighted by Crippen LogP contribution is 2.24. The van der Waals surface area contributed by atoms with Gasteiger partial charge in [-0.1, -0.05) is 13.0 Å². The predicted molar refractivity (Wildman–Crippen MR) is 85.6 cm³/mol. The van der Waals surface area contributed by atoms with Crippen LogP contribution in [0.3, 0.4) is 0 Å². The largest absolute Gasteiger partial charge is 0.330 e. The van der Waals surface area contributed by atoms with E-state index >= 15 is 0 Å². The lowest BCUT2D eigenvalue weighted by Crippen LogP contribution is -2.22. The Morgan fingerprint density at radius 2 is 2.19 bits per heavy atom. The number of benzene rings is 1. The van der Waals surface area contributed by atoms with Crippen LogP contribution in [0.4, 0.5) is 0 Å². The van der Waals surface area contributed by atoms with Crippen LogP contribution in [0.15, 0.2) is 23.0 Å². The highest BCUT2D eigenvalue weighted by molar-refractivity contribution is 6.04. The molecular weight excluding hydrogens is 264 g/mol. The first-order valence-electron chi connectivity index (χ1n) is 7.37. The molecule has 0 aliphatic heterocycles. The van der Waals surface area contributed by atoms with Gasteiger partial charge in [-0.2, -0.15) is 5.10 Å². The molecule has 0 radical (unpaired) electrons. The van der Waals surface area contributed by atoms with Crippen molar-refractivity contribution in [1.82, 2.24) is 14.8 Å². The molecule has 2 heterocycles. The third kappa shape index (κ3) is 2.14. The third-order valence-corrected chi connectivity index (χ3v) is 4.01. The fourth-order valence-corrected chi connectivity index (χ4v) is 2.83. The van der Waals surface area contributed by atoms with E-state index in [4.69, 9.17) is 5.73 Å². The highest BCUT2D eigenvalue weighted by atomic mass is 16.1. The number of aryl methyl sites for hydroxylation is 3. The molecule has 0 fully saturated rings. The van der Waals surface area contributed by atoms with Crippen LogP contribution < -0.4 is 11.3 Å². The van der Waals surface area contributed by atoms with E-state index in [1.807, 2.05) is 17.6 Å². The van der Waals surface area contributed by atoms with Crippen LogP contribution in [0, 0.1) is 6.92 Å². The lowest BCUT2D eigenvalue weighted by Gasteiger charge is -2.11. The fraction of sp³-hybridized carbons (Fsp3) is 0.375. The molecule has 5 nitrogen and oxygen atoms in total. The average molecular weight is 284 g/mol. The van der Waals surface area contributed by atoms with Crippen molar-refractivity contribution >= 4 is 21.8 Å². The second-order valence-electron chi connectivity index (χ2n) is 5.38. The normalized spacial score (nSPS) is 11.6. The minimum absolute atomic E-state index is 0.0152. The summed E-state index contributed by atoms with van der Waals surface area (Å²) in [5.74, 6) is 0. The minimum atomic E-state index is 0.0152. The number of nitrogens with zero attached hydrogens (tertiary/aromatic N) is 2. The van der Waals surface area contributed by atoms with Gasteiger partial charge in [0, 0.05) is 17.6 Å². The SMILES string of the molecule is CCc1ccc2c(c1)c1n[nH]c(C)c1c(=O)n2CCCN. The number of hydrogen-bond acceptors (Lipinski definition) is 3. The molecular formula is C16H20N4O. The van der Waals surface area contributed by atoms with Gasteiger partial charge in [0.1, 0.15) is 5.52 Å². The summed E-state index contributed by atoms with van der Waals surface area (Å²) in [5, 5.41) is 9.00. The predicted octanol–water partition coefficient (Wildman–Crippen LogP) is 2.10. The maximum Gasteiger partial charge on any atom is 0.262 e. The number of nitrogens with two attached hydrogens (primary N) is 1. The Balaban J connectivity index is 2.43. The van der Waals surface area contributed by atoms with Crippen LogP contribution >= 0.6 is 0 Å².